The highest BCUT2D eigenvalue weighted by Crippen LogP contribution is 2.34. The third kappa shape index (κ3) is 5.21. The van der Waals surface area contributed by atoms with E-state index in [0.717, 1.165) is 22.0 Å². The van der Waals surface area contributed by atoms with Gasteiger partial charge in [0.05, 0.1) is 11.4 Å². The standard InChI is InChI=1S/C24H21N5O3S/c1-14(30)26-20-13-16(9-10-25-20)22-21(28-24(29-22)33-2)15-5-3-7-18(11-15)27-23(32)17-6-4-8-19(31)12-17/h3-13,31H,1-2H3,(H,27,32)(H,28,29)(H,25,26,30). The maximum atomic E-state index is 12.6. The summed E-state index contributed by atoms with van der Waals surface area (Å²) in [5.74, 6) is -0.0647. The third-order valence-electron chi connectivity index (χ3n) is 4.73. The van der Waals surface area contributed by atoms with Crippen molar-refractivity contribution in [1.82, 2.24) is 15.0 Å². The van der Waals surface area contributed by atoms with Crippen molar-refractivity contribution in [1.29, 1.82) is 0 Å². The Hall–Kier alpha value is -4.11. The highest BCUT2D eigenvalue weighted by molar-refractivity contribution is 7.98. The first-order chi connectivity index (χ1) is 15.9. The highest BCUT2D eigenvalue weighted by Gasteiger charge is 2.16. The van der Waals surface area contributed by atoms with Crippen molar-refractivity contribution in [2.24, 2.45) is 0 Å². The van der Waals surface area contributed by atoms with E-state index in [2.05, 4.69) is 20.6 Å². The lowest BCUT2D eigenvalue weighted by Gasteiger charge is -2.09. The normalized spacial score (nSPS) is 10.6. The molecule has 0 unspecified atom stereocenters. The molecule has 0 aliphatic carbocycles. The lowest BCUT2D eigenvalue weighted by molar-refractivity contribution is -0.114. The molecule has 2 heterocycles. The fourth-order valence-electron chi connectivity index (χ4n) is 3.30. The molecule has 0 saturated heterocycles. The topological polar surface area (TPSA) is 120 Å². The lowest BCUT2D eigenvalue weighted by atomic mass is 10.0. The average Bonchev–Trinajstić information content (AvgIpc) is 3.24. The number of hydrogen-bond donors (Lipinski definition) is 4. The molecule has 0 aliphatic rings. The van der Waals surface area contributed by atoms with Crippen molar-refractivity contribution in [3.63, 3.8) is 0 Å². The fourth-order valence-corrected chi connectivity index (χ4v) is 3.68. The van der Waals surface area contributed by atoms with Crippen LogP contribution in [-0.4, -0.2) is 38.1 Å². The van der Waals surface area contributed by atoms with E-state index < -0.39 is 0 Å². The van der Waals surface area contributed by atoms with E-state index in [1.54, 1.807) is 30.5 Å². The summed E-state index contributed by atoms with van der Waals surface area (Å²) >= 11 is 1.48. The minimum Gasteiger partial charge on any atom is -0.508 e. The van der Waals surface area contributed by atoms with Gasteiger partial charge in [-0.2, -0.15) is 0 Å². The first-order valence-corrected chi connectivity index (χ1v) is 11.2. The Kier molecular flexibility index (Phi) is 6.41. The second-order valence-corrected chi connectivity index (χ2v) is 7.96. The minimum absolute atomic E-state index is 0.0261. The zero-order valence-corrected chi connectivity index (χ0v) is 18.7. The van der Waals surface area contributed by atoms with Crippen LogP contribution in [0.2, 0.25) is 0 Å². The number of H-pyrrole nitrogens is 1. The van der Waals surface area contributed by atoms with Crippen molar-refractivity contribution in [3.8, 4) is 28.3 Å². The Morgan fingerprint density at radius 3 is 2.58 bits per heavy atom. The number of aromatic nitrogens is 3. The van der Waals surface area contributed by atoms with Crippen LogP contribution in [0.25, 0.3) is 22.5 Å². The first kappa shape index (κ1) is 22.1. The number of thioether (sulfide) groups is 1. The number of phenols is 1. The first-order valence-electron chi connectivity index (χ1n) is 10.0. The van der Waals surface area contributed by atoms with Gasteiger partial charge < -0.3 is 20.7 Å². The summed E-state index contributed by atoms with van der Waals surface area (Å²) < 4.78 is 0. The Bertz CT molecular complexity index is 1340. The number of rotatable bonds is 6. The number of carbonyl (C=O) groups excluding carboxylic acids is 2. The van der Waals surface area contributed by atoms with Crippen LogP contribution in [0.15, 0.2) is 72.0 Å². The van der Waals surface area contributed by atoms with Gasteiger partial charge in [0.15, 0.2) is 5.16 Å². The number of pyridine rings is 1. The second kappa shape index (κ2) is 9.58. The van der Waals surface area contributed by atoms with Crippen LogP contribution in [0.1, 0.15) is 17.3 Å². The second-order valence-electron chi connectivity index (χ2n) is 7.17. The molecule has 9 heteroatoms. The SMILES string of the molecule is CSc1nc(-c2cccc(NC(=O)c3cccc(O)c3)c2)c(-c2ccnc(NC(C)=O)c2)[nH]1. The van der Waals surface area contributed by atoms with E-state index in [0.29, 0.717) is 22.8 Å². The van der Waals surface area contributed by atoms with Gasteiger partial charge in [0.25, 0.3) is 5.91 Å². The molecule has 0 radical (unpaired) electrons. The molecule has 0 spiro atoms. The maximum Gasteiger partial charge on any atom is 0.255 e. The van der Waals surface area contributed by atoms with E-state index >= 15 is 0 Å². The Labute approximate surface area is 194 Å². The summed E-state index contributed by atoms with van der Waals surface area (Å²) in [6.45, 7) is 1.43. The summed E-state index contributed by atoms with van der Waals surface area (Å²) in [6, 6.07) is 17.1. The maximum absolute atomic E-state index is 12.6. The minimum atomic E-state index is -0.329. The summed E-state index contributed by atoms with van der Waals surface area (Å²) in [5, 5.41) is 15.9. The van der Waals surface area contributed by atoms with Crippen molar-refractivity contribution in [2.75, 3.05) is 16.9 Å². The van der Waals surface area contributed by atoms with Gasteiger partial charge in [0.1, 0.15) is 11.6 Å². The molecule has 0 saturated carbocycles. The highest BCUT2D eigenvalue weighted by atomic mass is 32.2. The largest absolute Gasteiger partial charge is 0.508 e. The van der Waals surface area contributed by atoms with Crippen molar-refractivity contribution in [2.45, 2.75) is 12.1 Å². The molecule has 0 fully saturated rings. The number of carbonyl (C=O) groups is 2. The van der Waals surface area contributed by atoms with Crippen molar-refractivity contribution in [3.05, 3.63) is 72.4 Å². The van der Waals surface area contributed by atoms with E-state index in [1.807, 2.05) is 30.5 Å². The van der Waals surface area contributed by atoms with E-state index in [9.17, 15) is 14.7 Å². The van der Waals surface area contributed by atoms with Crippen LogP contribution in [0.4, 0.5) is 11.5 Å². The number of nitrogens with zero attached hydrogens (tertiary/aromatic N) is 2. The Balaban J connectivity index is 1.68. The molecule has 2 amide bonds. The predicted octanol–water partition coefficient (Wildman–Crippen LogP) is 4.78. The number of phenolic OH excluding ortho intramolecular Hbond substituents is 1. The average molecular weight is 460 g/mol. The van der Waals surface area contributed by atoms with Gasteiger partial charge in [0, 0.05) is 35.5 Å². The van der Waals surface area contributed by atoms with Crippen molar-refractivity contribution < 1.29 is 14.7 Å². The number of amides is 2. The fraction of sp³-hybridized carbons (Fsp3) is 0.0833. The van der Waals surface area contributed by atoms with Gasteiger partial charge in [-0.05, 0) is 48.7 Å². The molecule has 0 aliphatic heterocycles. The zero-order chi connectivity index (χ0) is 23.4. The summed E-state index contributed by atoms with van der Waals surface area (Å²) in [5.41, 5.74) is 4.03. The molecule has 0 bridgehead atoms. The number of aromatic amines is 1. The van der Waals surface area contributed by atoms with Crippen molar-refractivity contribution >= 4 is 35.1 Å². The molecule has 166 valence electrons. The smallest absolute Gasteiger partial charge is 0.255 e. The number of aromatic hydroxyl groups is 1. The molecular formula is C24H21N5O3S. The van der Waals surface area contributed by atoms with Crippen LogP contribution in [0, 0.1) is 0 Å². The molecular weight excluding hydrogens is 438 g/mol. The van der Waals surface area contributed by atoms with Crippen LogP contribution in [0.5, 0.6) is 5.75 Å². The zero-order valence-electron chi connectivity index (χ0n) is 17.9. The molecule has 4 aromatic rings. The molecule has 2 aromatic carbocycles. The van der Waals surface area contributed by atoms with Gasteiger partial charge in [-0.15, -0.1) is 0 Å². The molecule has 4 N–H and O–H groups in total. The number of nitrogens with one attached hydrogen (secondary N) is 3. The molecule has 8 nitrogen and oxygen atoms in total. The number of anilines is 2. The summed E-state index contributed by atoms with van der Waals surface area (Å²) in [6.07, 6.45) is 3.55. The van der Waals surface area contributed by atoms with E-state index in [4.69, 9.17) is 4.98 Å². The molecule has 4 rings (SSSR count). The van der Waals surface area contributed by atoms with Crippen LogP contribution in [0.3, 0.4) is 0 Å². The number of imidazole rings is 1. The van der Waals surface area contributed by atoms with Crippen LogP contribution >= 0.6 is 11.8 Å². The van der Waals surface area contributed by atoms with Gasteiger partial charge in [-0.1, -0.05) is 30.0 Å². The van der Waals surface area contributed by atoms with Gasteiger partial charge in [-0.25, -0.2) is 9.97 Å². The molecule has 0 atom stereocenters. The Morgan fingerprint density at radius 1 is 1.00 bits per heavy atom. The lowest BCUT2D eigenvalue weighted by Crippen LogP contribution is -2.11. The molecule has 2 aromatic heterocycles. The number of hydrogen-bond acceptors (Lipinski definition) is 6. The monoisotopic (exact) mass is 459 g/mol. The quantitative estimate of drug-likeness (QED) is 0.308. The number of benzene rings is 2. The van der Waals surface area contributed by atoms with Crippen LogP contribution < -0.4 is 10.6 Å². The Morgan fingerprint density at radius 2 is 1.82 bits per heavy atom. The predicted molar refractivity (Wildman–Crippen MR) is 129 cm³/mol. The summed E-state index contributed by atoms with van der Waals surface area (Å²) in [7, 11) is 0. The van der Waals surface area contributed by atoms with Crippen LogP contribution in [-0.2, 0) is 4.79 Å². The van der Waals surface area contributed by atoms with Gasteiger partial charge >= 0.3 is 0 Å². The molecule has 33 heavy (non-hydrogen) atoms. The van der Waals surface area contributed by atoms with E-state index in [-0.39, 0.29) is 17.6 Å². The van der Waals surface area contributed by atoms with Gasteiger partial charge in [-0.3, -0.25) is 9.59 Å². The third-order valence-corrected chi connectivity index (χ3v) is 5.31. The summed E-state index contributed by atoms with van der Waals surface area (Å²) in [4.78, 5) is 36.2. The van der Waals surface area contributed by atoms with Gasteiger partial charge in [0.2, 0.25) is 5.91 Å². The van der Waals surface area contributed by atoms with E-state index in [1.165, 1.54) is 30.8 Å².